The van der Waals surface area contributed by atoms with E-state index < -0.39 is 12.0 Å². The van der Waals surface area contributed by atoms with Crippen LogP contribution >= 0.6 is 0 Å². The topological polar surface area (TPSA) is 57.6 Å². The smallest absolute Gasteiger partial charge is 0.331 e. The third-order valence-electron chi connectivity index (χ3n) is 2.92. The number of carboxylic acid groups (broad SMARTS) is 1. The lowest BCUT2D eigenvalue weighted by atomic mass is 9.92. The van der Waals surface area contributed by atoms with Crippen molar-refractivity contribution in [3.05, 3.63) is 35.4 Å². The fourth-order valence-electron chi connectivity index (χ4n) is 2.17. The van der Waals surface area contributed by atoms with Gasteiger partial charge in [0.05, 0.1) is 0 Å². The van der Waals surface area contributed by atoms with E-state index in [1.165, 1.54) is 11.8 Å². The lowest BCUT2D eigenvalue weighted by Crippen LogP contribution is -2.42. The molecule has 0 bridgehead atoms. The highest BCUT2D eigenvalue weighted by Gasteiger charge is 2.33. The molecule has 0 fully saturated rings. The van der Waals surface area contributed by atoms with Gasteiger partial charge in [0.1, 0.15) is 0 Å². The maximum absolute atomic E-state index is 11.4. The molecule has 0 saturated heterocycles. The predicted molar refractivity (Wildman–Crippen MR) is 57.9 cm³/mol. The molecule has 0 aromatic heterocycles. The number of carbonyl (C=O) groups excluding carboxylic acids is 1. The van der Waals surface area contributed by atoms with E-state index in [1.54, 1.807) is 12.1 Å². The maximum Gasteiger partial charge on any atom is 0.331 e. The van der Waals surface area contributed by atoms with E-state index in [4.69, 9.17) is 0 Å². The molecule has 0 saturated carbocycles. The summed E-state index contributed by atoms with van der Waals surface area (Å²) in [6, 6.07) is 6.56. The standard InChI is InChI=1S/C12H13NO3/c1-8(14)13-7-6-9-4-2-3-5-10(9)11(13)12(15)16/h2-5,11H,6-7H2,1H3,(H,15,16). The number of benzene rings is 1. The van der Waals surface area contributed by atoms with Gasteiger partial charge in [-0.05, 0) is 17.5 Å². The normalized spacial score (nSPS) is 19.1. The number of amides is 1. The fourth-order valence-corrected chi connectivity index (χ4v) is 2.17. The number of rotatable bonds is 1. The van der Waals surface area contributed by atoms with E-state index in [0.717, 1.165) is 17.5 Å². The van der Waals surface area contributed by atoms with Gasteiger partial charge in [-0.15, -0.1) is 0 Å². The summed E-state index contributed by atoms with van der Waals surface area (Å²) in [6.07, 6.45) is 0.722. The third kappa shape index (κ3) is 1.66. The Morgan fingerprint density at radius 3 is 2.69 bits per heavy atom. The molecule has 1 amide bonds. The molecule has 0 spiro atoms. The van der Waals surface area contributed by atoms with Crippen LogP contribution in [0.25, 0.3) is 0 Å². The molecule has 1 atom stereocenters. The van der Waals surface area contributed by atoms with Gasteiger partial charge in [0.15, 0.2) is 6.04 Å². The molecule has 1 aliphatic rings. The minimum atomic E-state index is -0.970. The van der Waals surface area contributed by atoms with Crippen molar-refractivity contribution in [3.8, 4) is 0 Å². The molecule has 1 heterocycles. The zero-order chi connectivity index (χ0) is 11.7. The molecule has 0 aliphatic carbocycles. The van der Waals surface area contributed by atoms with Crippen molar-refractivity contribution in [2.75, 3.05) is 6.54 Å². The maximum atomic E-state index is 11.4. The Labute approximate surface area is 93.5 Å². The minimum Gasteiger partial charge on any atom is -0.479 e. The van der Waals surface area contributed by atoms with Crippen molar-refractivity contribution >= 4 is 11.9 Å². The molecular weight excluding hydrogens is 206 g/mol. The highest BCUT2D eigenvalue weighted by Crippen LogP contribution is 2.29. The van der Waals surface area contributed by atoms with E-state index in [2.05, 4.69) is 0 Å². The SMILES string of the molecule is CC(=O)N1CCc2ccccc2C1C(=O)O. The second kappa shape index (κ2) is 3.96. The number of nitrogens with zero attached hydrogens (tertiary/aromatic N) is 1. The summed E-state index contributed by atoms with van der Waals surface area (Å²) in [5.74, 6) is -1.16. The van der Waals surface area contributed by atoms with Gasteiger partial charge in [0.2, 0.25) is 5.91 Å². The van der Waals surface area contributed by atoms with Crippen LogP contribution in [0, 0.1) is 0 Å². The predicted octanol–water partition coefficient (Wildman–Crippen LogP) is 1.22. The molecule has 84 valence electrons. The molecule has 1 aromatic carbocycles. The van der Waals surface area contributed by atoms with Crippen molar-refractivity contribution in [2.45, 2.75) is 19.4 Å². The molecule has 1 unspecified atom stereocenters. The molecule has 4 nitrogen and oxygen atoms in total. The van der Waals surface area contributed by atoms with Crippen molar-refractivity contribution < 1.29 is 14.7 Å². The summed E-state index contributed by atoms with van der Waals surface area (Å²) >= 11 is 0. The van der Waals surface area contributed by atoms with Crippen LogP contribution in [0.1, 0.15) is 24.1 Å². The Kier molecular flexibility index (Phi) is 2.64. The summed E-state index contributed by atoms with van der Waals surface area (Å²) < 4.78 is 0. The monoisotopic (exact) mass is 219 g/mol. The van der Waals surface area contributed by atoms with Gasteiger partial charge in [-0.1, -0.05) is 24.3 Å². The van der Waals surface area contributed by atoms with Crippen LogP contribution in [0.3, 0.4) is 0 Å². The molecule has 1 N–H and O–H groups in total. The Morgan fingerprint density at radius 2 is 2.06 bits per heavy atom. The van der Waals surface area contributed by atoms with Crippen LogP contribution in [-0.2, 0) is 16.0 Å². The molecule has 4 heteroatoms. The molecular formula is C12H13NO3. The summed E-state index contributed by atoms with van der Waals surface area (Å²) in [5, 5.41) is 9.21. The van der Waals surface area contributed by atoms with E-state index in [9.17, 15) is 14.7 Å². The molecule has 16 heavy (non-hydrogen) atoms. The van der Waals surface area contributed by atoms with Crippen molar-refractivity contribution in [2.24, 2.45) is 0 Å². The van der Waals surface area contributed by atoms with Gasteiger partial charge in [0.25, 0.3) is 0 Å². The van der Waals surface area contributed by atoms with Crippen LogP contribution < -0.4 is 0 Å². The Balaban J connectivity index is 2.47. The number of carbonyl (C=O) groups is 2. The fraction of sp³-hybridized carbons (Fsp3) is 0.333. The molecule has 0 radical (unpaired) electrons. The largest absolute Gasteiger partial charge is 0.479 e. The van der Waals surface area contributed by atoms with Crippen molar-refractivity contribution in [3.63, 3.8) is 0 Å². The van der Waals surface area contributed by atoms with E-state index >= 15 is 0 Å². The third-order valence-corrected chi connectivity index (χ3v) is 2.92. The van der Waals surface area contributed by atoms with Crippen LogP contribution in [0.5, 0.6) is 0 Å². The quantitative estimate of drug-likeness (QED) is 0.772. The number of hydrogen-bond donors (Lipinski definition) is 1. The first-order valence-corrected chi connectivity index (χ1v) is 5.19. The van der Waals surface area contributed by atoms with Gasteiger partial charge in [-0.25, -0.2) is 4.79 Å². The zero-order valence-corrected chi connectivity index (χ0v) is 9.01. The zero-order valence-electron chi connectivity index (χ0n) is 9.01. The van der Waals surface area contributed by atoms with Gasteiger partial charge in [0, 0.05) is 13.5 Å². The number of fused-ring (bicyclic) bond motifs is 1. The van der Waals surface area contributed by atoms with Crippen molar-refractivity contribution in [1.29, 1.82) is 0 Å². The molecule has 2 rings (SSSR count). The number of carboxylic acids is 1. The van der Waals surface area contributed by atoms with Gasteiger partial charge in [-0.3, -0.25) is 4.79 Å². The first-order valence-electron chi connectivity index (χ1n) is 5.19. The van der Waals surface area contributed by atoms with Gasteiger partial charge < -0.3 is 10.0 Å². The molecule has 1 aromatic rings. The van der Waals surface area contributed by atoms with E-state index in [0.29, 0.717) is 6.54 Å². The van der Waals surface area contributed by atoms with Crippen LogP contribution in [0.15, 0.2) is 24.3 Å². The lowest BCUT2D eigenvalue weighted by Gasteiger charge is -2.33. The Hall–Kier alpha value is -1.84. The highest BCUT2D eigenvalue weighted by molar-refractivity contribution is 5.84. The summed E-state index contributed by atoms with van der Waals surface area (Å²) in [4.78, 5) is 24.0. The number of aliphatic carboxylic acids is 1. The minimum absolute atomic E-state index is 0.193. The first kappa shape index (κ1) is 10.7. The highest BCUT2D eigenvalue weighted by atomic mass is 16.4. The summed E-state index contributed by atoms with van der Waals surface area (Å²) in [7, 11) is 0. The summed E-state index contributed by atoms with van der Waals surface area (Å²) in [5.41, 5.74) is 1.75. The average molecular weight is 219 g/mol. The average Bonchev–Trinajstić information content (AvgIpc) is 2.27. The van der Waals surface area contributed by atoms with Gasteiger partial charge in [-0.2, -0.15) is 0 Å². The summed E-state index contributed by atoms with van der Waals surface area (Å²) in [6.45, 7) is 1.88. The molecule has 1 aliphatic heterocycles. The van der Waals surface area contributed by atoms with Crippen LogP contribution in [-0.4, -0.2) is 28.4 Å². The Morgan fingerprint density at radius 1 is 1.38 bits per heavy atom. The van der Waals surface area contributed by atoms with Crippen molar-refractivity contribution in [1.82, 2.24) is 4.90 Å². The van der Waals surface area contributed by atoms with Crippen LogP contribution in [0.2, 0.25) is 0 Å². The Bertz CT molecular complexity index is 442. The van der Waals surface area contributed by atoms with Gasteiger partial charge >= 0.3 is 5.97 Å². The lowest BCUT2D eigenvalue weighted by molar-refractivity contribution is -0.150. The van der Waals surface area contributed by atoms with E-state index in [-0.39, 0.29) is 5.91 Å². The van der Waals surface area contributed by atoms with E-state index in [1.807, 2.05) is 12.1 Å². The second-order valence-electron chi connectivity index (χ2n) is 3.90. The van der Waals surface area contributed by atoms with Crippen LogP contribution in [0.4, 0.5) is 0 Å². The first-order chi connectivity index (χ1) is 7.61. The second-order valence-corrected chi connectivity index (χ2v) is 3.90. The number of hydrogen-bond acceptors (Lipinski definition) is 2.